The second kappa shape index (κ2) is 13.0. The van der Waals surface area contributed by atoms with Crippen LogP contribution >= 0.6 is 24.0 Å². The van der Waals surface area contributed by atoms with E-state index in [0.29, 0.717) is 25.4 Å². The van der Waals surface area contributed by atoms with Crippen molar-refractivity contribution in [3.8, 4) is 0 Å². The molecule has 0 radical (unpaired) electrons. The van der Waals surface area contributed by atoms with Gasteiger partial charge in [0.25, 0.3) is 0 Å². The molecule has 0 aliphatic heterocycles. The van der Waals surface area contributed by atoms with Gasteiger partial charge in [0.2, 0.25) is 5.91 Å². The number of guanidine groups is 1. The highest BCUT2D eigenvalue weighted by molar-refractivity contribution is 14.0. The summed E-state index contributed by atoms with van der Waals surface area (Å²) in [5, 5.41) is 9.30. The first kappa shape index (κ1) is 22.7. The van der Waals surface area contributed by atoms with Crippen molar-refractivity contribution in [3.63, 3.8) is 0 Å². The van der Waals surface area contributed by atoms with Crippen LogP contribution in [0.2, 0.25) is 0 Å². The number of amides is 1. The van der Waals surface area contributed by atoms with Gasteiger partial charge in [-0.3, -0.25) is 9.79 Å². The maximum absolute atomic E-state index is 11.6. The Morgan fingerprint density at radius 2 is 1.79 bits per heavy atom. The lowest BCUT2D eigenvalue weighted by molar-refractivity contribution is -0.121. The van der Waals surface area contributed by atoms with E-state index in [2.05, 4.69) is 40.0 Å². The lowest BCUT2D eigenvalue weighted by Gasteiger charge is -2.14. The first-order valence-corrected chi connectivity index (χ1v) is 8.39. The third kappa shape index (κ3) is 9.75. The molecule has 136 valence electrons. The maximum Gasteiger partial charge on any atom is 0.221 e. The zero-order valence-corrected chi connectivity index (χ0v) is 17.5. The van der Waals surface area contributed by atoms with Gasteiger partial charge in [0.05, 0.1) is 0 Å². The van der Waals surface area contributed by atoms with Crippen molar-refractivity contribution in [2.45, 2.75) is 46.1 Å². The van der Waals surface area contributed by atoms with E-state index >= 15 is 0 Å². The largest absolute Gasteiger partial charge is 0.357 e. The monoisotopic (exact) mass is 446 g/mol. The Morgan fingerprint density at radius 3 is 2.38 bits per heavy atom. The minimum absolute atomic E-state index is 0. The predicted molar refractivity (Wildman–Crippen MR) is 112 cm³/mol. The number of hydrogen-bond donors (Lipinski definition) is 3. The molecule has 0 aromatic heterocycles. The molecule has 5 nitrogen and oxygen atoms in total. The van der Waals surface area contributed by atoms with Crippen LogP contribution in [0.3, 0.4) is 0 Å². The van der Waals surface area contributed by atoms with E-state index in [9.17, 15) is 4.79 Å². The Hall–Kier alpha value is -1.31. The number of aliphatic imine (C=N–C) groups is 1. The number of benzene rings is 1. The fourth-order valence-electron chi connectivity index (χ4n) is 2.15. The Kier molecular flexibility index (Phi) is 12.3. The summed E-state index contributed by atoms with van der Waals surface area (Å²) in [5.41, 5.74) is 1.28. The van der Waals surface area contributed by atoms with Gasteiger partial charge < -0.3 is 16.0 Å². The fourth-order valence-corrected chi connectivity index (χ4v) is 2.15. The van der Waals surface area contributed by atoms with E-state index in [4.69, 9.17) is 0 Å². The summed E-state index contributed by atoms with van der Waals surface area (Å²) >= 11 is 0. The van der Waals surface area contributed by atoms with E-state index in [1.807, 2.05) is 39.0 Å². The molecular weight excluding hydrogens is 415 g/mol. The third-order valence-corrected chi connectivity index (χ3v) is 3.33. The smallest absolute Gasteiger partial charge is 0.221 e. The van der Waals surface area contributed by atoms with Crippen LogP contribution in [0.1, 0.15) is 45.6 Å². The molecular formula is C18H31IN4O. The molecule has 1 aromatic rings. The number of carbonyl (C=O) groups excluding carboxylic acids is 1. The van der Waals surface area contributed by atoms with Crippen LogP contribution in [-0.4, -0.2) is 37.5 Å². The fraction of sp³-hybridized carbons (Fsp3) is 0.556. The molecule has 24 heavy (non-hydrogen) atoms. The SMILES string of the molecule is CCNC(=NCC(C)c1ccccc1)NCCC(=O)NC(C)C.I. The van der Waals surface area contributed by atoms with Gasteiger partial charge in [0.1, 0.15) is 0 Å². The summed E-state index contributed by atoms with van der Waals surface area (Å²) in [5.74, 6) is 1.17. The third-order valence-electron chi connectivity index (χ3n) is 3.33. The molecule has 1 unspecified atom stereocenters. The second-order valence-corrected chi connectivity index (χ2v) is 5.93. The molecule has 0 bridgehead atoms. The number of nitrogens with one attached hydrogen (secondary N) is 3. The average molecular weight is 446 g/mol. The molecule has 0 fully saturated rings. The second-order valence-electron chi connectivity index (χ2n) is 5.93. The lowest BCUT2D eigenvalue weighted by Crippen LogP contribution is -2.40. The number of halogens is 1. The zero-order chi connectivity index (χ0) is 17.1. The quantitative estimate of drug-likeness (QED) is 0.327. The van der Waals surface area contributed by atoms with Crippen LogP contribution in [-0.2, 0) is 4.79 Å². The molecule has 1 rings (SSSR count). The summed E-state index contributed by atoms with van der Waals surface area (Å²) in [4.78, 5) is 16.2. The van der Waals surface area contributed by atoms with Crippen molar-refractivity contribution < 1.29 is 4.79 Å². The van der Waals surface area contributed by atoms with Crippen molar-refractivity contribution in [3.05, 3.63) is 35.9 Å². The van der Waals surface area contributed by atoms with E-state index in [0.717, 1.165) is 12.5 Å². The van der Waals surface area contributed by atoms with Crippen molar-refractivity contribution >= 4 is 35.8 Å². The molecule has 1 aromatic carbocycles. The number of carbonyl (C=O) groups is 1. The van der Waals surface area contributed by atoms with Crippen LogP contribution in [0.5, 0.6) is 0 Å². The topological polar surface area (TPSA) is 65.5 Å². The zero-order valence-electron chi connectivity index (χ0n) is 15.1. The molecule has 3 N–H and O–H groups in total. The molecule has 1 amide bonds. The van der Waals surface area contributed by atoms with E-state index < -0.39 is 0 Å². The predicted octanol–water partition coefficient (Wildman–Crippen LogP) is 2.88. The van der Waals surface area contributed by atoms with E-state index in [-0.39, 0.29) is 35.9 Å². The van der Waals surface area contributed by atoms with Gasteiger partial charge in [-0.05, 0) is 26.3 Å². The Labute approximate surface area is 163 Å². The number of nitrogens with zero attached hydrogens (tertiary/aromatic N) is 1. The standard InChI is InChI=1S/C18H30N4O.HI/c1-5-19-18(20-12-11-17(23)22-14(2)3)21-13-15(4)16-9-7-6-8-10-16;/h6-10,14-15H,5,11-13H2,1-4H3,(H,22,23)(H2,19,20,21);1H. The van der Waals surface area contributed by atoms with E-state index in [1.165, 1.54) is 5.56 Å². The van der Waals surface area contributed by atoms with Gasteiger partial charge in [-0.2, -0.15) is 0 Å². The first-order valence-electron chi connectivity index (χ1n) is 8.39. The number of rotatable bonds is 8. The van der Waals surface area contributed by atoms with Crippen molar-refractivity contribution in [1.29, 1.82) is 0 Å². The molecule has 0 saturated carbocycles. The summed E-state index contributed by atoms with van der Waals surface area (Å²) < 4.78 is 0. The van der Waals surface area contributed by atoms with Crippen LogP contribution in [0, 0.1) is 0 Å². The normalized spacial score (nSPS) is 12.3. The summed E-state index contributed by atoms with van der Waals surface area (Å²) in [7, 11) is 0. The molecule has 0 heterocycles. The maximum atomic E-state index is 11.6. The molecule has 0 saturated heterocycles. The van der Waals surface area contributed by atoms with Gasteiger partial charge in [-0.1, -0.05) is 37.3 Å². The van der Waals surface area contributed by atoms with Gasteiger partial charge in [-0.25, -0.2) is 0 Å². The molecule has 6 heteroatoms. The first-order chi connectivity index (χ1) is 11.0. The molecule has 1 atom stereocenters. The van der Waals surface area contributed by atoms with Crippen molar-refractivity contribution in [2.75, 3.05) is 19.6 Å². The average Bonchev–Trinajstić information content (AvgIpc) is 2.52. The van der Waals surface area contributed by atoms with Gasteiger partial charge in [0, 0.05) is 38.0 Å². The molecule has 0 aliphatic carbocycles. The summed E-state index contributed by atoms with van der Waals surface area (Å²) in [6, 6.07) is 10.5. The minimum atomic E-state index is 0. The Balaban J connectivity index is 0.00000529. The van der Waals surface area contributed by atoms with Crippen LogP contribution in [0.15, 0.2) is 35.3 Å². The number of hydrogen-bond acceptors (Lipinski definition) is 2. The van der Waals surface area contributed by atoms with Crippen molar-refractivity contribution in [1.82, 2.24) is 16.0 Å². The highest BCUT2D eigenvalue weighted by atomic mass is 127. The Bertz CT molecular complexity index is 491. The highest BCUT2D eigenvalue weighted by Crippen LogP contribution is 2.14. The van der Waals surface area contributed by atoms with Crippen LogP contribution in [0.4, 0.5) is 0 Å². The van der Waals surface area contributed by atoms with Crippen LogP contribution in [0.25, 0.3) is 0 Å². The molecule has 0 aliphatic rings. The summed E-state index contributed by atoms with van der Waals surface area (Å²) in [6.45, 7) is 10.2. The summed E-state index contributed by atoms with van der Waals surface area (Å²) in [6.07, 6.45) is 0.441. The van der Waals surface area contributed by atoms with E-state index in [1.54, 1.807) is 0 Å². The van der Waals surface area contributed by atoms with Gasteiger partial charge in [-0.15, -0.1) is 24.0 Å². The highest BCUT2D eigenvalue weighted by Gasteiger charge is 2.06. The van der Waals surface area contributed by atoms with Crippen LogP contribution < -0.4 is 16.0 Å². The van der Waals surface area contributed by atoms with Gasteiger partial charge >= 0.3 is 0 Å². The van der Waals surface area contributed by atoms with Gasteiger partial charge in [0.15, 0.2) is 5.96 Å². The van der Waals surface area contributed by atoms with Crippen molar-refractivity contribution in [2.24, 2.45) is 4.99 Å². The Morgan fingerprint density at radius 1 is 1.12 bits per heavy atom. The lowest BCUT2D eigenvalue weighted by atomic mass is 10.0. The molecule has 0 spiro atoms. The minimum Gasteiger partial charge on any atom is -0.357 e.